The molecule has 0 spiro atoms. The molecule has 2 aliphatic carbocycles. The molecule has 0 radical (unpaired) electrons. The van der Waals surface area contributed by atoms with Gasteiger partial charge in [0.1, 0.15) is 0 Å². The van der Waals surface area contributed by atoms with Crippen LogP contribution in [-0.4, -0.2) is 18.4 Å². The average molecular weight is 272 g/mol. The summed E-state index contributed by atoms with van der Waals surface area (Å²) >= 11 is 0. The molecule has 4 aliphatic rings. The first-order valence-corrected chi connectivity index (χ1v) is 7.73. The van der Waals surface area contributed by atoms with Crippen molar-refractivity contribution in [3.8, 4) is 0 Å². The Kier molecular flexibility index (Phi) is 3.03. The maximum absolute atomic E-state index is 12.1. The molecule has 106 valence electrons. The van der Waals surface area contributed by atoms with Gasteiger partial charge >= 0.3 is 5.97 Å². The Balaban J connectivity index is 1.45. The zero-order chi connectivity index (χ0) is 13.5. The molecule has 0 aromatic heterocycles. The van der Waals surface area contributed by atoms with Crippen molar-refractivity contribution in [2.24, 2.45) is 17.8 Å². The van der Waals surface area contributed by atoms with Crippen molar-refractivity contribution in [1.29, 1.82) is 0 Å². The second-order valence-electron chi connectivity index (χ2n) is 6.42. The number of hydrogen-bond acceptors (Lipinski definition) is 3. The van der Waals surface area contributed by atoms with Gasteiger partial charge in [0.25, 0.3) is 0 Å². The molecule has 3 heteroatoms. The number of rotatable bonds is 2. The fourth-order valence-corrected chi connectivity index (χ4v) is 4.32. The Morgan fingerprint density at radius 2 is 1.75 bits per heavy atom. The van der Waals surface area contributed by atoms with Crippen molar-refractivity contribution >= 4 is 5.97 Å². The summed E-state index contributed by atoms with van der Waals surface area (Å²) in [6.45, 7) is 0. The minimum atomic E-state index is -0.321. The Labute approximate surface area is 119 Å². The van der Waals surface area contributed by atoms with Gasteiger partial charge in [0, 0.05) is 5.92 Å². The lowest BCUT2D eigenvalue weighted by Crippen LogP contribution is -2.54. The van der Waals surface area contributed by atoms with Gasteiger partial charge in [-0.2, -0.15) is 0 Å². The zero-order valence-corrected chi connectivity index (χ0v) is 11.5. The van der Waals surface area contributed by atoms with Gasteiger partial charge in [-0.1, -0.05) is 24.6 Å². The van der Waals surface area contributed by atoms with Crippen LogP contribution in [0.1, 0.15) is 42.5 Å². The molecule has 5 rings (SSSR count). The molecule has 4 bridgehead atoms. The minimum Gasteiger partial charge on any atom is -0.432 e. The highest BCUT2D eigenvalue weighted by atomic mass is 16.7. The molecule has 0 amide bonds. The smallest absolute Gasteiger partial charge is 0.340 e. The molecule has 2 unspecified atom stereocenters. The van der Waals surface area contributed by atoms with Gasteiger partial charge in [-0.3, -0.25) is 0 Å². The number of ether oxygens (including phenoxy) is 2. The first-order chi connectivity index (χ1) is 9.81. The third kappa shape index (κ3) is 2.05. The highest BCUT2D eigenvalue weighted by Crippen LogP contribution is 2.50. The third-order valence-corrected chi connectivity index (χ3v) is 5.20. The fourth-order valence-electron chi connectivity index (χ4n) is 4.32. The Bertz CT molecular complexity index is 484. The van der Waals surface area contributed by atoms with Crippen molar-refractivity contribution in [2.75, 3.05) is 0 Å². The van der Waals surface area contributed by atoms with Gasteiger partial charge < -0.3 is 9.47 Å². The summed E-state index contributed by atoms with van der Waals surface area (Å²) in [5, 5.41) is 0. The number of esters is 1. The number of fused-ring (bicyclic) bond motifs is 1. The standard InChI is InChI=1S/C17H20O3/c18-16(11-5-2-1-3-6-11)20-17-14-9-12-7-4-8-13(10-14)15(12)19-17/h1-3,5-6,12-15,17H,4,7-10H2/t12-,13+,14?,15?,17-/m0/s1. The van der Waals surface area contributed by atoms with E-state index in [0.717, 1.165) is 0 Å². The molecular formula is C17H20O3. The summed E-state index contributed by atoms with van der Waals surface area (Å²) < 4.78 is 11.7. The lowest BCUT2D eigenvalue weighted by Gasteiger charge is -2.53. The molecule has 20 heavy (non-hydrogen) atoms. The predicted molar refractivity (Wildman–Crippen MR) is 74.1 cm³/mol. The van der Waals surface area contributed by atoms with Gasteiger partial charge in [0.15, 0.2) is 0 Å². The van der Waals surface area contributed by atoms with Crippen molar-refractivity contribution in [3.63, 3.8) is 0 Å². The van der Waals surface area contributed by atoms with E-state index in [9.17, 15) is 4.79 Å². The van der Waals surface area contributed by atoms with Crippen LogP contribution < -0.4 is 0 Å². The topological polar surface area (TPSA) is 35.5 Å². The Hall–Kier alpha value is -1.35. The Morgan fingerprint density at radius 3 is 2.40 bits per heavy atom. The van der Waals surface area contributed by atoms with E-state index in [1.807, 2.05) is 18.2 Å². The van der Waals surface area contributed by atoms with Crippen LogP contribution in [0.25, 0.3) is 0 Å². The summed E-state index contributed by atoms with van der Waals surface area (Å²) in [7, 11) is 0. The Morgan fingerprint density at radius 1 is 1.05 bits per heavy atom. The maximum Gasteiger partial charge on any atom is 0.340 e. The van der Waals surface area contributed by atoms with E-state index in [1.165, 1.54) is 32.1 Å². The summed E-state index contributed by atoms with van der Waals surface area (Å²) in [6, 6.07) is 9.19. The summed E-state index contributed by atoms with van der Waals surface area (Å²) in [5.41, 5.74) is 0.609. The zero-order valence-electron chi connectivity index (χ0n) is 11.5. The lowest BCUT2D eigenvalue weighted by atomic mass is 9.64. The minimum absolute atomic E-state index is 0.256. The lowest BCUT2D eigenvalue weighted by molar-refractivity contribution is -0.269. The van der Waals surface area contributed by atoms with E-state index >= 15 is 0 Å². The highest BCUT2D eigenvalue weighted by molar-refractivity contribution is 5.89. The van der Waals surface area contributed by atoms with Gasteiger partial charge in [-0.25, -0.2) is 4.79 Å². The van der Waals surface area contributed by atoms with Crippen LogP contribution in [0.4, 0.5) is 0 Å². The van der Waals surface area contributed by atoms with E-state index in [-0.39, 0.29) is 12.3 Å². The summed E-state index contributed by atoms with van der Waals surface area (Å²) in [4.78, 5) is 12.1. The van der Waals surface area contributed by atoms with Gasteiger partial charge in [0.05, 0.1) is 11.7 Å². The first-order valence-electron chi connectivity index (χ1n) is 7.73. The maximum atomic E-state index is 12.1. The van der Waals surface area contributed by atoms with E-state index in [2.05, 4.69) is 0 Å². The molecule has 2 heterocycles. The van der Waals surface area contributed by atoms with Crippen molar-refractivity contribution in [1.82, 2.24) is 0 Å². The molecule has 1 aromatic carbocycles. The monoisotopic (exact) mass is 272 g/mol. The van der Waals surface area contributed by atoms with Crippen LogP contribution in [0.2, 0.25) is 0 Å². The van der Waals surface area contributed by atoms with E-state index in [4.69, 9.17) is 9.47 Å². The van der Waals surface area contributed by atoms with Crippen molar-refractivity contribution < 1.29 is 14.3 Å². The van der Waals surface area contributed by atoms with Crippen LogP contribution in [0.3, 0.4) is 0 Å². The van der Waals surface area contributed by atoms with E-state index < -0.39 is 0 Å². The molecule has 1 aromatic rings. The largest absolute Gasteiger partial charge is 0.432 e. The van der Waals surface area contributed by atoms with Gasteiger partial charge in [-0.15, -0.1) is 0 Å². The first kappa shape index (κ1) is 12.4. The SMILES string of the molecule is O=C(O[C@@H]1OC2[C@@H]3CCC[C@H]2CC1C3)c1ccccc1. The number of hydrogen-bond donors (Lipinski definition) is 0. The van der Waals surface area contributed by atoms with Crippen LogP contribution >= 0.6 is 0 Å². The molecule has 2 saturated heterocycles. The van der Waals surface area contributed by atoms with Crippen LogP contribution in [-0.2, 0) is 9.47 Å². The average Bonchev–Trinajstić information content (AvgIpc) is 2.48. The van der Waals surface area contributed by atoms with E-state index in [0.29, 0.717) is 29.4 Å². The second-order valence-corrected chi connectivity index (χ2v) is 6.42. The molecule has 2 saturated carbocycles. The molecule has 0 N–H and O–H groups in total. The normalized spacial score (nSPS) is 38.5. The molecule has 3 nitrogen and oxygen atoms in total. The predicted octanol–water partition coefficient (Wildman–Crippen LogP) is 3.39. The fraction of sp³-hybridized carbons (Fsp3) is 0.588. The third-order valence-electron chi connectivity index (χ3n) is 5.20. The summed E-state index contributed by atoms with van der Waals surface area (Å²) in [5.74, 6) is 1.56. The molecular weight excluding hydrogens is 252 g/mol. The van der Waals surface area contributed by atoms with Gasteiger partial charge in [0.2, 0.25) is 6.29 Å². The van der Waals surface area contributed by atoms with Crippen LogP contribution in [0, 0.1) is 17.8 Å². The highest BCUT2D eigenvalue weighted by Gasteiger charge is 2.50. The molecule has 2 aliphatic heterocycles. The van der Waals surface area contributed by atoms with Crippen LogP contribution in [0.15, 0.2) is 30.3 Å². The molecule has 4 fully saturated rings. The van der Waals surface area contributed by atoms with Crippen LogP contribution in [0.5, 0.6) is 0 Å². The van der Waals surface area contributed by atoms with Crippen molar-refractivity contribution in [2.45, 2.75) is 44.5 Å². The van der Waals surface area contributed by atoms with Gasteiger partial charge in [-0.05, 0) is 49.7 Å². The number of carbonyl (C=O) groups is 1. The van der Waals surface area contributed by atoms with E-state index in [1.54, 1.807) is 12.1 Å². The second kappa shape index (κ2) is 4.88. The quantitative estimate of drug-likeness (QED) is 0.774. The molecule has 5 atom stereocenters. The summed E-state index contributed by atoms with van der Waals surface area (Å²) in [6.07, 6.45) is 6.28. The number of carbonyl (C=O) groups excluding carboxylic acids is 1. The number of benzene rings is 1. The van der Waals surface area contributed by atoms with Crippen molar-refractivity contribution in [3.05, 3.63) is 35.9 Å².